The second kappa shape index (κ2) is 4.94. The Morgan fingerprint density at radius 2 is 2.00 bits per heavy atom. The molecule has 1 rings (SSSR count). The summed E-state index contributed by atoms with van der Waals surface area (Å²) in [6.07, 6.45) is 0.788. The zero-order valence-corrected chi connectivity index (χ0v) is 9.99. The number of hydrogen-bond donors (Lipinski definition) is 2. The van der Waals surface area contributed by atoms with Crippen molar-refractivity contribution in [1.29, 1.82) is 0 Å². The van der Waals surface area contributed by atoms with Crippen LogP contribution in [-0.2, 0) is 9.53 Å². The summed E-state index contributed by atoms with van der Waals surface area (Å²) in [5.74, 6) is 0.724. The van der Waals surface area contributed by atoms with E-state index in [1.54, 1.807) is 0 Å². The monoisotopic (exact) mass is 214 g/mol. The summed E-state index contributed by atoms with van der Waals surface area (Å²) < 4.78 is 5.69. The molecule has 4 nitrogen and oxygen atoms in total. The van der Waals surface area contributed by atoms with Crippen LogP contribution in [-0.4, -0.2) is 24.3 Å². The van der Waals surface area contributed by atoms with E-state index >= 15 is 0 Å². The summed E-state index contributed by atoms with van der Waals surface area (Å²) >= 11 is 0. The molecule has 3 N–H and O–H groups in total. The highest BCUT2D eigenvalue weighted by Gasteiger charge is 2.39. The summed E-state index contributed by atoms with van der Waals surface area (Å²) in [5.41, 5.74) is 5.91. The maximum absolute atomic E-state index is 11.0. The van der Waals surface area contributed by atoms with Crippen LogP contribution in [0, 0.1) is 11.8 Å². The summed E-state index contributed by atoms with van der Waals surface area (Å²) in [4.78, 5) is 11.0. The fourth-order valence-corrected chi connectivity index (χ4v) is 2.29. The van der Waals surface area contributed by atoms with Crippen molar-refractivity contribution in [2.45, 2.75) is 52.5 Å². The van der Waals surface area contributed by atoms with E-state index in [-0.39, 0.29) is 24.3 Å². The molecule has 1 amide bonds. The van der Waals surface area contributed by atoms with E-state index in [1.165, 1.54) is 6.92 Å². The van der Waals surface area contributed by atoms with Crippen molar-refractivity contribution in [3.8, 4) is 0 Å². The zero-order valence-electron chi connectivity index (χ0n) is 9.99. The van der Waals surface area contributed by atoms with Crippen molar-refractivity contribution >= 4 is 5.91 Å². The van der Waals surface area contributed by atoms with Crippen LogP contribution in [0.3, 0.4) is 0 Å². The molecule has 4 heteroatoms. The SMILES string of the molecule is CC[C@@H]1OC(N)[C@H](NC(C)=O)[C@H](C)[C@@H]1C. The molecule has 0 aromatic rings. The standard InChI is InChI=1S/C11H22N2O2/c1-5-9-6(2)7(3)10(11(12)15-9)13-8(4)14/h6-7,9-11H,5,12H2,1-4H3,(H,13,14)/t6-,7+,9-,10+,11?/m0/s1. The maximum atomic E-state index is 11.0. The third kappa shape index (κ3) is 2.69. The quantitative estimate of drug-likeness (QED) is 0.716. The highest BCUT2D eigenvalue weighted by molar-refractivity contribution is 5.73. The van der Waals surface area contributed by atoms with Crippen LogP contribution in [0.15, 0.2) is 0 Å². The minimum Gasteiger partial charge on any atom is -0.358 e. The Bertz CT molecular complexity index is 233. The first-order chi connectivity index (χ1) is 6.97. The molecule has 0 aliphatic carbocycles. The molecule has 0 spiro atoms. The lowest BCUT2D eigenvalue weighted by molar-refractivity contribution is -0.135. The number of nitrogens with two attached hydrogens (primary N) is 1. The van der Waals surface area contributed by atoms with Gasteiger partial charge in [0.2, 0.25) is 5.91 Å². The molecule has 1 fully saturated rings. The second-order valence-corrected chi connectivity index (χ2v) is 4.49. The van der Waals surface area contributed by atoms with Gasteiger partial charge in [-0.1, -0.05) is 20.8 Å². The van der Waals surface area contributed by atoms with Gasteiger partial charge in [-0.15, -0.1) is 0 Å². The Hall–Kier alpha value is -0.610. The van der Waals surface area contributed by atoms with Gasteiger partial charge in [-0.25, -0.2) is 0 Å². The van der Waals surface area contributed by atoms with Crippen molar-refractivity contribution < 1.29 is 9.53 Å². The van der Waals surface area contributed by atoms with Crippen LogP contribution in [0.1, 0.15) is 34.1 Å². The molecule has 1 aliphatic heterocycles. The first kappa shape index (κ1) is 12.5. The van der Waals surface area contributed by atoms with Gasteiger partial charge in [0, 0.05) is 6.92 Å². The van der Waals surface area contributed by atoms with Crippen molar-refractivity contribution in [3.05, 3.63) is 0 Å². The third-order valence-corrected chi connectivity index (χ3v) is 3.44. The van der Waals surface area contributed by atoms with E-state index in [0.717, 1.165) is 6.42 Å². The zero-order chi connectivity index (χ0) is 11.6. The van der Waals surface area contributed by atoms with E-state index in [9.17, 15) is 4.79 Å². The van der Waals surface area contributed by atoms with E-state index in [2.05, 4.69) is 26.1 Å². The number of hydrogen-bond acceptors (Lipinski definition) is 3. The van der Waals surface area contributed by atoms with Crippen molar-refractivity contribution in [2.75, 3.05) is 0 Å². The molecular weight excluding hydrogens is 192 g/mol. The lowest BCUT2D eigenvalue weighted by Gasteiger charge is -2.43. The lowest BCUT2D eigenvalue weighted by atomic mass is 9.81. The van der Waals surface area contributed by atoms with Gasteiger partial charge in [-0.2, -0.15) is 0 Å². The summed E-state index contributed by atoms with van der Waals surface area (Å²) in [6, 6.07) is -0.0692. The van der Waals surface area contributed by atoms with Gasteiger partial charge in [0.05, 0.1) is 12.1 Å². The van der Waals surface area contributed by atoms with Crippen molar-refractivity contribution in [2.24, 2.45) is 17.6 Å². The van der Waals surface area contributed by atoms with Crippen LogP contribution in [0.5, 0.6) is 0 Å². The molecule has 0 radical (unpaired) electrons. The van der Waals surface area contributed by atoms with E-state index in [0.29, 0.717) is 11.8 Å². The third-order valence-electron chi connectivity index (χ3n) is 3.44. The molecule has 1 aliphatic rings. The number of amides is 1. The largest absolute Gasteiger partial charge is 0.358 e. The number of carbonyl (C=O) groups is 1. The van der Waals surface area contributed by atoms with Gasteiger partial charge in [-0.05, 0) is 18.3 Å². The molecule has 88 valence electrons. The van der Waals surface area contributed by atoms with Crippen LogP contribution in [0.2, 0.25) is 0 Å². The summed E-state index contributed by atoms with van der Waals surface area (Å²) in [5, 5.41) is 2.87. The fraction of sp³-hybridized carbons (Fsp3) is 0.909. The first-order valence-corrected chi connectivity index (χ1v) is 5.65. The van der Waals surface area contributed by atoms with Crippen LogP contribution in [0.25, 0.3) is 0 Å². The highest BCUT2D eigenvalue weighted by atomic mass is 16.5. The van der Waals surface area contributed by atoms with E-state index in [4.69, 9.17) is 10.5 Å². The molecular formula is C11H22N2O2. The van der Waals surface area contributed by atoms with Gasteiger partial charge in [0.15, 0.2) is 0 Å². The predicted octanol–water partition coefficient (Wildman–Crippen LogP) is 0.857. The molecule has 0 aromatic heterocycles. The Kier molecular flexibility index (Phi) is 4.11. The number of carbonyl (C=O) groups excluding carboxylic acids is 1. The minimum absolute atomic E-state index is 0.0481. The van der Waals surface area contributed by atoms with Crippen molar-refractivity contribution in [3.63, 3.8) is 0 Å². The number of ether oxygens (including phenoxy) is 1. The maximum Gasteiger partial charge on any atom is 0.217 e. The van der Waals surface area contributed by atoms with Gasteiger partial charge in [-0.3, -0.25) is 4.79 Å². The molecule has 0 bridgehead atoms. The predicted molar refractivity (Wildman–Crippen MR) is 59.1 cm³/mol. The Morgan fingerprint density at radius 1 is 1.40 bits per heavy atom. The topological polar surface area (TPSA) is 64.3 Å². The molecule has 1 heterocycles. The van der Waals surface area contributed by atoms with Crippen LogP contribution in [0.4, 0.5) is 0 Å². The molecule has 15 heavy (non-hydrogen) atoms. The van der Waals surface area contributed by atoms with Gasteiger partial charge < -0.3 is 15.8 Å². The highest BCUT2D eigenvalue weighted by Crippen LogP contribution is 2.30. The molecule has 0 aromatic carbocycles. The molecule has 1 saturated heterocycles. The Labute approximate surface area is 91.5 Å². The second-order valence-electron chi connectivity index (χ2n) is 4.49. The number of nitrogens with one attached hydrogen (secondary N) is 1. The fourth-order valence-electron chi connectivity index (χ4n) is 2.29. The normalized spacial score (nSPS) is 41.3. The number of rotatable bonds is 2. The Morgan fingerprint density at radius 3 is 2.47 bits per heavy atom. The van der Waals surface area contributed by atoms with Crippen LogP contribution < -0.4 is 11.1 Å². The summed E-state index contributed by atoms with van der Waals surface area (Å²) in [7, 11) is 0. The van der Waals surface area contributed by atoms with Gasteiger partial charge in [0.25, 0.3) is 0 Å². The van der Waals surface area contributed by atoms with Crippen molar-refractivity contribution in [1.82, 2.24) is 5.32 Å². The Balaban J connectivity index is 2.70. The first-order valence-electron chi connectivity index (χ1n) is 5.65. The minimum atomic E-state index is -0.384. The molecule has 0 saturated carbocycles. The lowest BCUT2D eigenvalue weighted by Crippen LogP contribution is -2.59. The molecule has 5 atom stereocenters. The van der Waals surface area contributed by atoms with Gasteiger partial charge in [0.1, 0.15) is 6.23 Å². The average Bonchev–Trinajstić information content (AvgIpc) is 2.18. The summed E-state index contributed by atoms with van der Waals surface area (Å²) in [6.45, 7) is 7.88. The smallest absolute Gasteiger partial charge is 0.217 e. The van der Waals surface area contributed by atoms with Crippen LogP contribution >= 0.6 is 0 Å². The average molecular weight is 214 g/mol. The molecule has 1 unspecified atom stereocenters. The van der Waals surface area contributed by atoms with E-state index in [1.807, 2.05) is 0 Å². The van der Waals surface area contributed by atoms with Gasteiger partial charge >= 0.3 is 0 Å². The van der Waals surface area contributed by atoms with E-state index < -0.39 is 0 Å².